The molecule has 1 aromatic carbocycles. The Bertz CT molecular complexity index is 640. The molecule has 1 atom stereocenters. The third kappa shape index (κ3) is 4.41. The third-order valence-corrected chi connectivity index (χ3v) is 4.30. The molecule has 9 nitrogen and oxygen atoms in total. The second-order valence-corrected chi connectivity index (χ2v) is 5.99. The van der Waals surface area contributed by atoms with Crippen LogP contribution in [0.15, 0.2) is 12.1 Å². The number of benzene rings is 1. The molecule has 1 fully saturated rings. The molecule has 9 heteroatoms. The first-order valence-electron chi connectivity index (χ1n) is 8.20. The Hall–Kier alpha value is -2.84. The minimum absolute atomic E-state index is 0.118. The van der Waals surface area contributed by atoms with Crippen molar-refractivity contribution in [3.63, 3.8) is 0 Å². The summed E-state index contributed by atoms with van der Waals surface area (Å²) in [7, 11) is 3.05. The van der Waals surface area contributed by atoms with E-state index in [0.717, 1.165) is 5.56 Å². The predicted molar refractivity (Wildman–Crippen MR) is 92.5 cm³/mol. The largest absolute Gasteiger partial charge is 0.493 e. The maximum absolute atomic E-state index is 11.4. The molecule has 1 aromatic rings. The van der Waals surface area contributed by atoms with Crippen LogP contribution < -0.4 is 14.2 Å². The van der Waals surface area contributed by atoms with Gasteiger partial charge in [0.1, 0.15) is 0 Å². The topological polar surface area (TPSA) is 109 Å². The van der Waals surface area contributed by atoms with Crippen molar-refractivity contribution < 1.29 is 34.0 Å². The SMILES string of the molecule is COc1cc(C)cc(OC)c1OCC[C@@H]1CN(C(=O)O)CCN1C(=O)O. The van der Waals surface area contributed by atoms with Gasteiger partial charge in [0.25, 0.3) is 0 Å². The van der Waals surface area contributed by atoms with Crippen LogP contribution >= 0.6 is 0 Å². The molecule has 0 spiro atoms. The summed E-state index contributed by atoms with van der Waals surface area (Å²) in [5.74, 6) is 1.48. The molecule has 2 amide bonds. The maximum atomic E-state index is 11.4. The van der Waals surface area contributed by atoms with E-state index >= 15 is 0 Å². The van der Waals surface area contributed by atoms with E-state index in [2.05, 4.69) is 0 Å². The van der Waals surface area contributed by atoms with E-state index in [-0.39, 0.29) is 26.2 Å². The summed E-state index contributed by atoms with van der Waals surface area (Å²) in [5, 5.41) is 18.5. The zero-order valence-corrected chi connectivity index (χ0v) is 15.1. The first kappa shape index (κ1) is 19.5. The first-order valence-corrected chi connectivity index (χ1v) is 8.20. The van der Waals surface area contributed by atoms with Crippen LogP contribution in [0.4, 0.5) is 9.59 Å². The van der Waals surface area contributed by atoms with Gasteiger partial charge in [-0.25, -0.2) is 9.59 Å². The molecule has 1 aliphatic heterocycles. The van der Waals surface area contributed by atoms with Gasteiger partial charge in [-0.2, -0.15) is 0 Å². The fourth-order valence-electron chi connectivity index (χ4n) is 2.98. The Labute approximate surface area is 151 Å². The molecule has 0 radical (unpaired) electrons. The molecular formula is C17H24N2O7. The van der Waals surface area contributed by atoms with Gasteiger partial charge >= 0.3 is 12.2 Å². The summed E-state index contributed by atoms with van der Waals surface area (Å²) in [6, 6.07) is 3.15. The van der Waals surface area contributed by atoms with Crippen LogP contribution in [-0.2, 0) is 0 Å². The van der Waals surface area contributed by atoms with E-state index in [1.165, 1.54) is 24.0 Å². The Kier molecular flexibility index (Phi) is 6.37. The molecule has 0 unspecified atom stereocenters. The van der Waals surface area contributed by atoms with Crippen LogP contribution in [0.1, 0.15) is 12.0 Å². The van der Waals surface area contributed by atoms with Gasteiger partial charge in [-0.1, -0.05) is 0 Å². The first-order chi connectivity index (χ1) is 12.4. The number of rotatable bonds is 6. The zero-order valence-electron chi connectivity index (χ0n) is 15.1. The Morgan fingerprint density at radius 3 is 2.23 bits per heavy atom. The number of hydrogen-bond donors (Lipinski definition) is 2. The summed E-state index contributed by atoms with van der Waals surface area (Å²) in [6.07, 6.45) is -1.77. The highest BCUT2D eigenvalue weighted by molar-refractivity contribution is 5.68. The highest BCUT2D eigenvalue weighted by atomic mass is 16.5. The number of aryl methyl sites for hydroxylation is 1. The molecule has 26 heavy (non-hydrogen) atoms. The standard InChI is InChI=1S/C17H24N2O7/c1-11-8-13(24-2)15(14(9-11)25-3)26-7-4-12-10-18(16(20)21)5-6-19(12)17(22)23/h8-9,12H,4-7,10H2,1-3H3,(H,20,21)(H,22,23)/t12-/m1/s1. The van der Waals surface area contributed by atoms with Crippen molar-refractivity contribution in [2.45, 2.75) is 19.4 Å². The monoisotopic (exact) mass is 368 g/mol. The minimum atomic E-state index is -1.06. The number of ether oxygens (including phenoxy) is 3. The molecule has 0 aliphatic carbocycles. The molecule has 2 rings (SSSR count). The summed E-state index contributed by atoms with van der Waals surface area (Å²) in [5.41, 5.74) is 0.951. The fourth-order valence-corrected chi connectivity index (χ4v) is 2.98. The number of amides is 2. The lowest BCUT2D eigenvalue weighted by molar-refractivity contribution is 0.0559. The van der Waals surface area contributed by atoms with Crippen molar-refractivity contribution in [3.8, 4) is 17.2 Å². The third-order valence-electron chi connectivity index (χ3n) is 4.30. The van der Waals surface area contributed by atoms with Crippen molar-refractivity contribution in [3.05, 3.63) is 17.7 Å². The molecular weight excluding hydrogens is 344 g/mol. The highest BCUT2D eigenvalue weighted by Crippen LogP contribution is 2.38. The summed E-state index contributed by atoms with van der Waals surface area (Å²) < 4.78 is 16.4. The summed E-state index contributed by atoms with van der Waals surface area (Å²) >= 11 is 0. The average molecular weight is 368 g/mol. The van der Waals surface area contributed by atoms with Crippen LogP contribution in [0.25, 0.3) is 0 Å². The Morgan fingerprint density at radius 1 is 1.12 bits per heavy atom. The van der Waals surface area contributed by atoms with Crippen molar-refractivity contribution in [2.75, 3.05) is 40.5 Å². The number of nitrogens with zero attached hydrogens (tertiary/aromatic N) is 2. The van der Waals surface area contributed by atoms with Crippen LogP contribution in [0.2, 0.25) is 0 Å². The molecule has 1 heterocycles. The number of hydrogen-bond acceptors (Lipinski definition) is 5. The highest BCUT2D eigenvalue weighted by Gasteiger charge is 2.32. The van der Waals surface area contributed by atoms with E-state index in [4.69, 9.17) is 19.3 Å². The lowest BCUT2D eigenvalue weighted by atomic mass is 10.1. The normalized spacial score (nSPS) is 17.0. The minimum Gasteiger partial charge on any atom is -0.493 e. The van der Waals surface area contributed by atoms with E-state index in [9.17, 15) is 14.7 Å². The van der Waals surface area contributed by atoms with Crippen molar-refractivity contribution >= 4 is 12.2 Å². The van der Waals surface area contributed by atoms with Crippen LogP contribution in [0.5, 0.6) is 17.2 Å². The number of carbonyl (C=O) groups is 2. The van der Waals surface area contributed by atoms with E-state index in [1.54, 1.807) is 0 Å². The van der Waals surface area contributed by atoms with Gasteiger partial charge < -0.3 is 34.2 Å². The number of piperazine rings is 1. The van der Waals surface area contributed by atoms with Crippen molar-refractivity contribution in [1.82, 2.24) is 9.80 Å². The molecule has 0 aromatic heterocycles. The van der Waals surface area contributed by atoms with Crippen LogP contribution in [0.3, 0.4) is 0 Å². The molecule has 0 saturated carbocycles. The smallest absolute Gasteiger partial charge is 0.407 e. The Morgan fingerprint density at radius 2 is 1.73 bits per heavy atom. The lowest BCUT2D eigenvalue weighted by Crippen LogP contribution is -2.56. The van der Waals surface area contributed by atoms with Gasteiger partial charge in [0.05, 0.1) is 26.9 Å². The van der Waals surface area contributed by atoms with Crippen molar-refractivity contribution in [2.24, 2.45) is 0 Å². The fraction of sp³-hybridized carbons (Fsp3) is 0.529. The van der Waals surface area contributed by atoms with Gasteiger partial charge in [0.15, 0.2) is 11.5 Å². The summed E-state index contributed by atoms with van der Waals surface area (Å²) in [6.45, 7) is 2.52. The number of methoxy groups -OCH3 is 2. The quantitative estimate of drug-likeness (QED) is 0.791. The van der Waals surface area contributed by atoms with E-state index in [0.29, 0.717) is 23.7 Å². The summed E-state index contributed by atoms with van der Waals surface area (Å²) in [4.78, 5) is 25.0. The Balaban J connectivity index is 2.07. The average Bonchev–Trinajstić information content (AvgIpc) is 2.61. The van der Waals surface area contributed by atoms with Gasteiger partial charge in [-0.05, 0) is 24.6 Å². The maximum Gasteiger partial charge on any atom is 0.407 e. The van der Waals surface area contributed by atoms with Gasteiger partial charge in [0.2, 0.25) is 5.75 Å². The lowest BCUT2D eigenvalue weighted by Gasteiger charge is -2.38. The van der Waals surface area contributed by atoms with Gasteiger partial charge in [-0.3, -0.25) is 0 Å². The van der Waals surface area contributed by atoms with Crippen LogP contribution in [0, 0.1) is 6.92 Å². The van der Waals surface area contributed by atoms with Crippen molar-refractivity contribution in [1.29, 1.82) is 0 Å². The van der Waals surface area contributed by atoms with E-state index in [1.807, 2.05) is 19.1 Å². The number of carboxylic acid groups (broad SMARTS) is 2. The second-order valence-electron chi connectivity index (χ2n) is 5.99. The van der Waals surface area contributed by atoms with Gasteiger partial charge in [-0.15, -0.1) is 0 Å². The second kappa shape index (κ2) is 8.50. The van der Waals surface area contributed by atoms with E-state index < -0.39 is 18.2 Å². The molecule has 1 saturated heterocycles. The van der Waals surface area contributed by atoms with Crippen LogP contribution in [-0.4, -0.2) is 78.7 Å². The molecule has 1 aliphatic rings. The molecule has 0 bridgehead atoms. The van der Waals surface area contributed by atoms with Gasteiger partial charge in [0, 0.05) is 26.1 Å². The molecule has 2 N–H and O–H groups in total. The molecule has 144 valence electrons. The predicted octanol–water partition coefficient (Wildman–Crippen LogP) is 2.12. The zero-order chi connectivity index (χ0) is 19.3.